The molecule has 33 heavy (non-hydrogen) atoms. The molecule has 0 atom stereocenters. The summed E-state index contributed by atoms with van der Waals surface area (Å²) in [5.74, 6) is -0.710. The first-order chi connectivity index (χ1) is 15.9. The van der Waals surface area contributed by atoms with E-state index in [2.05, 4.69) is 26.6 Å². The third-order valence-electron chi connectivity index (χ3n) is 4.23. The molecule has 0 aromatic heterocycles. The lowest BCUT2D eigenvalue weighted by molar-refractivity contribution is -0.118. The molecule has 166 valence electrons. The number of amides is 2. The van der Waals surface area contributed by atoms with Gasteiger partial charge in [0.25, 0.3) is 11.8 Å². The summed E-state index contributed by atoms with van der Waals surface area (Å²) in [5, 5.41) is 15.7. The molecule has 0 spiro atoms. The molecule has 0 radical (unpaired) electrons. The van der Waals surface area contributed by atoms with Gasteiger partial charge < -0.3 is 15.4 Å². The molecule has 0 aliphatic heterocycles. The van der Waals surface area contributed by atoms with E-state index < -0.39 is 11.8 Å². The van der Waals surface area contributed by atoms with Crippen LogP contribution >= 0.6 is 39.1 Å². The summed E-state index contributed by atoms with van der Waals surface area (Å²) < 4.78 is 6.35. The van der Waals surface area contributed by atoms with E-state index in [4.69, 9.17) is 27.9 Å². The van der Waals surface area contributed by atoms with Crippen LogP contribution in [0.4, 0.5) is 11.4 Å². The normalized spacial score (nSPS) is 10.8. The molecule has 0 unspecified atom stereocenters. The number of nitrogens with one attached hydrogen (secondary N) is 2. The summed E-state index contributed by atoms with van der Waals surface area (Å²) in [7, 11) is 0. The predicted octanol–water partition coefficient (Wildman–Crippen LogP) is 6.32. The number of nitriles is 1. The monoisotopic (exact) mass is 543 g/mol. The van der Waals surface area contributed by atoms with Crippen molar-refractivity contribution in [3.63, 3.8) is 0 Å². The number of hydrogen-bond acceptors (Lipinski definition) is 4. The van der Waals surface area contributed by atoms with Gasteiger partial charge in [0, 0.05) is 20.7 Å². The highest BCUT2D eigenvalue weighted by Crippen LogP contribution is 2.26. The maximum absolute atomic E-state index is 12.6. The van der Waals surface area contributed by atoms with Crippen molar-refractivity contribution in [2.75, 3.05) is 17.2 Å². The number of ether oxygens (including phenoxy) is 1. The van der Waals surface area contributed by atoms with Gasteiger partial charge in [-0.15, -0.1) is 0 Å². The average molecular weight is 545 g/mol. The standard InChI is InChI=1S/C24H16BrCl2N3O3/c25-17-8-9-22(33-14-23(31)30-21-7-2-1-6-20(21)27)15(11-17)10-16(13-28)24(32)29-19-5-3-4-18(26)12-19/h1-12H,14H2,(H,29,32)(H,30,31)/b16-10-. The number of rotatable bonds is 7. The van der Waals surface area contributed by atoms with Crippen molar-refractivity contribution < 1.29 is 14.3 Å². The van der Waals surface area contributed by atoms with E-state index in [1.807, 2.05) is 6.07 Å². The number of halogens is 3. The van der Waals surface area contributed by atoms with Crippen LogP contribution in [0.5, 0.6) is 5.75 Å². The molecule has 3 aromatic carbocycles. The van der Waals surface area contributed by atoms with Crippen LogP contribution in [-0.4, -0.2) is 18.4 Å². The van der Waals surface area contributed by atoms with Crippen LogP contribution in [0, 0.1) is 11.3 Å². The minimum absolute atomic E-state index is 0.154. The number of anilines is 2. The second kappa shape index (κ2) is 11.5. The molecule has 3 aromatic rings. The Morgan fingerprint density at radius 3 is 2.55 bits per heavy atom. The van der Waals surface area contributed by atoms with Gasteiger partial charge in [-0.3, -0.25) is 9.59 Å². The van der Waals surface area contributed by atoms with Crippen molar-refractivity contribution >= 4 is 68.4 Å². The third kappa shape index (κ3) is 7.09. The first-order valence-corrected chi connectivity index (χ1v) is 11.1. The van der Waals surface area contributed by atoms with Gasteiger partial charge in [0.05, 0.1) is 10.7 Å². The maximum Gasteiger partial charge on any atom is 0.266 e. The lowest BCUT2D eigenvalue weighted by Gasteiger charge is -2.11. The van der Waals surface area contributed by atoms with Crippen LogP contribution in [-0.2, 0) is 9.59 Å². The van der Waals surface area contributed by atoms with Gasteiger partial charge in [0.1, 0.15) is 17.4 Å². The second-order valence-electron chi connectivity index (χ2n) is 6.63. The largest absolute Gasteiger partial charge is 0.483 e. The summed E-state index contributed by atoms with van der Waals surface area (Å²) in [5.41, 5.74) is 1.20. The molecule has 2 amide bonds. The average Bonchev–Trinajstić information content (AvgIpc) is 2.78. The predicted molar refractivity (Wildman–Crippen MR) is 133 cm³/mol. The molecule has 0 aliphatic rings. The smallest absolute Gasteiger partial charge is 0.266 e. The molecular weight excluding hydrogens is 529 g/mol. The topological polar surface area (TPSA) is 91.2 Å². The Morgan fingerprint density at radius 1 is 1.03 bits per heavy atom. The Balaban J connectivity index is 1.75. The van der Waals surface area contributed by atoms with E-state index in [1.165, 1.54) is 6.08 Å². The number of hydrogen-bond donors (Lipinski definition) is 2. The molecule has 0 saturated carbocycles. The van der Waals surface area contributed by atoms with Gasteiger partial charge in [0.15, 0.2) is 6.61 Å². The number of nitrogens with zero attached hydrogens (tertiary/aromatic N) is 1. The maximum atomic E-state index is 12.6. The Morgan fingerprint density at radius 2 is 1.82 bits per heavy atom. The molecule has 0 heterocycles. The van der Waals surface area contributed by atoms with E-state index >= 15 is 0 Å². The van der Waals surface area contributed by atoms with Gasteiger partial charge in [-0.1, -0.05) is 57.3 Å². The van der Waals surface area contributed by atoms with E-state index in [0.29, 0.717) is 37.2 Å². The van der Waals surface area contributed by atoms with Crippen LogP contribution < -0.4 is 15.4 Å². The number of carbonyl (C=O) groups is 2. The number of para-hydroxylation sites is 1. The zero-order chi connectivity index (χ0) is 23.8. The Labute approximate surface area is 208 Å². The van der Waals surface area contributed by atoms with Crippen molar-refractivity contribution in [2.45, 2.75) is 0 Å². The molecule has 0 bridgehead atoms. The van der Waals surface area contributed by atoms with Crippen LogP contribution in [0.2, 0.25) is 10.0 Å². The molecule has 3 rings (SSSR count). The minimum Gasteiger partial charge on any atom is -0.483 e. The Kier molecular flexibility index (Phi) is 8.50. The van der Waals surface area contributed by atoms with Crippen LogP contribution in [0.1, 0.15) is 5.56 Å². The third-order valence-corrected chi connectivity index (χ3v) is 5.28. The fraction of sp³-hybridized carbons (Fsp3) is 0.0417. The number of benzene rings is 3. The Bertz CT molecular complexity index is 1270. The van der Waals surface area contributed by atoms with Crippen LogP contribution in [0.3, 0.4) is 0 Å². The van der Waals surface area contributed by atoms with Gasteiger partial charge >= 0.3 is 0 Å². The molecular formula is C24H16BrCl2N3O3. The summed E-state index contributed by atoms with van der Waals surface area (Å²) in [4.78, 5) is 24.9. The molecule has 9 heteroatoms. The first kappa shape index (κ1) is 24.3. The van der Waals surface area contributed by atoms with Gasteiger partial charge in [-0.05, 0) is 54.6 Å². The van der Waals surface area contributed by atoms with Gasteiger partial charge in [-0.25, -0.2) is 0 Å². The quantitative estimate of drug-likeness (QED) is 0.269. The minimum atomic E-state index is -0.609. The molecule has 2 N–H and O–H groups in total. The van der Waals surface area contributed by atoms with E-state index in [-0.39, 0.29) is 12.2 Å². The molecule has 0 fully saturated rings. The van der Waals surface area contributed by atoms with Crippen LogP contribution in [0.25, 0.3) is 6.08 Å². The lowest BCUT2D eigenvalue weighted by Crippen LogP contribution is -2.20. The lowest BCUT2D eigenvalue weighted by atomic mass is 10.1. The zero-order valence-electron chi connectivity index (χ0n) is 16.9. The summed E-state index contributed by atoms with van der Waals surface area (Å²) >= 11 is 15.4. The van der Waals surface area contributed by atoms with E-state index in [0.717, 1.165) is 0 Å². The highest BCUT2D eigenvalue weighted by molar-refractivity contribution is 9.10. The van der Waals surface area contributed by atoms with Crippen molar-refractivity contribution in [1.29, 1.82) is 5.26 Å². The van der Waals surface area contributed by atoms with Crippen molar-refractivity contribution in [3.8, 4) is 11.8 Å². The van der Waals surface area contributed by atoms with E-state index in [9.17, 15) is 14.9 Å². The highest BCUT2D eigenvalue weighted by Gasteiger charge is 2.13. The second-order valence-corrected chi connectivity index (χ2v) is 8.39. The van der Waals surface area contributed by atoms with Crippen molar-refractivity contribution in [3.05, 3.63) is 92.4 Å². The molecule has 6 nitrogen and oxygen atoms in total. The zero-order valence-corrected chi connectivity index (χ0v) is 20.0. The molecule has 0 saturated heterocycles. The summed E-state index contributed by atoms with van der Waals surface area (Å²) in [6.45, 7) is -0.301. The fourth-order valence-corrected chi connectivity index (χ4v) is 3.48. The number of carbonyl (C=O) groups excluding carboxylic acids is 2. The summed E-state index contributed by atoms with van der Waals surface area (Å²) in [6, 6.07) is 20.3. The van der Waals surface area contributed by atoms with Gasteiger partial charge in [0.2, 0.25) is 0 Å². The highest BCUT2D eigenvalue weighted by atomic mass is 79.9. The fourth-order valence-electron chi connectivity index (χ4n) is 2.72. The van der Waals surface area contributed by atoms with Crippen molar-refractivity contribution in [1.82, 2.24) is 0 Å². The molecule has 0 aliphatic carbocycles. The SMILES string of the molecule is N#C/C(=C/c1cc(Br)ccc1OCC(=O)Nc1ccccc1Cl)C(=O)Nc1cccc(Cl)c1. The van der Waals surface area contributed by atoms with Crippen LogP contribution in [0.15, 0.2) is 76.8 Å². The van der Waals surface area contributed by atoms with Gasteiger partial charge in [-0.2, -0.15) is 5.26 Å². The van der Waals surface area contributed by atoms with Crippen molar-refractivity contribution in [2.24, 2.45) is 0 Å². The summed E-state index contributed by atoms with van der Waals surface area (Å²) in [6.07, 6.45) is 1.38. The van der Waals surface area contributed by atoms with E-state index in [1.54, 1.807) is 66.7 Å². The Hall–Kier alpha value is -3.31. The first-order valence-electron chi connectivity index (χ1n) is 9.51.